The summed E-state index contributed by atoms with van der Waals surface area (Å²) in [5.41, 5.74) is 2.05. The number of carbonyl (C=O) groups excluding carboxylic acids is 1. The van der Waals surface area contributed by atoms with Crippen LogP contribution in [0.2, 0.25) is 0 Å². The average Bonchev–Trinajstić information content (AvgIpc) is 2.98. The molecule has 1 N–H and O–H groups in total. The molecule has 5 rings (SSSR count). The first-order chi connectivity index (χ1) is 12.6. The van der Waals surface area contributed by atoms with E-state index in [0.717, 1.165) is 18.6 Å². The number of piperidine rings is 1. The van der Waals surface area contributed by atoms with Crippen molar-refractivity contribution in [1.82, 2.24) is 4.90 Å². The largest absolute Gasteiger partial charge is 0.493 e. The number of amides is 1. The Bertz CT molecular complexity index is 806. The molecule has 0 unspecified atom stereocenters. The van der Waals surface area contributed by atoms with Gasteiger partial charge in [0, 0.05) is 29.5 Å². The zero-order chi connectivity index (χ0) is 18.1. The second-order valence-electron chi connectivity index (χ2n) is 7.52. The van der Waals surface area contributed by atoms with Crippen molar-refractivity contribution in [3.8, 4) is 11.5 Å². The molecular weight excluding hydrogens is 334 g/mol. The zero-order valence-corrected chi connectivity index (χ0v) is 15.0. The van der Waals surface area contributed by atoms with Crippen molar-refractivity contribution in [1.29, 1.82) is 0 Å². The van der Waals surface area contributed by atoms with Crippen molar-refractivity contribution in [3.05, 3.63) is 35.4 Å². The van der Waals surface area contributed by atoms with Gasteiger partial charge in [-0.15, -0.1) is 0 Å². The summed E-state index contributed by atoms with van der Waals surface area (Å²) in [7, 11) is 1.64. The van der Waals surface area contributed by atoms with Crippen molar-refractivity contribution in [2.75, 3.05) is 20.3 Å². The minimum Gasteiger partial charge on any atom is -0.493 e. The van der Waals surface area contributed by atoms with Gasteiger partial charge in [-0.3, -0.25) is 0 Å². The van der Waals surface area contributed by atoms with E-state index < -0.39 is 6.10 Å². The lowest BCUT2D eigenvalue weighted by atomic mass is 9.53. The Kier molecular flexibility index (Phi) is 3.32. The van der Waals surface area contributed by atoms with E-state index in [2.05, 4.69) is 12.1 Å². The smallest absolute Gasteiger partial charge is 0.410 e. The van der Waals surface area contributed by atoms with Gasteiger partial charge in [0.2, 0.25) is 0 Å². The van der Waals surface area contributed by atoms with Crippen LogP contribution in [-0.4, -0.2) is 54.6 Å². The predicted octanol–water partition coefficient (Wildman–Crippen LogP) is 2.03. The lowest BCUT2D eigenvalue weighted by molar-refractivity contribution is -0.0484. The highest BCUT2D eigenvalue weighted by Crippen LogP contribution is 2.62. The fourth-order valence-corrected chi connectivity index (χ4v) is 5.64. The van der Waals surface area contributed by atoms with Crippen molar-refractivity contribution < 1.29 is 24.1 Å². The first-order valence-corrected chi connectivity index (χ1v) is 9.28. The summed E-state index contributed by atoms with van der Waals surface area (Å²) in [5, 5.41) is 10.7. The van der Waals surface area contributed by atoms with Crippen molar-refractivity contribution in [2.24, 2.45) is 5.92 Å². The maximum Gasteiger partial charge on any atom is 0.410 e. The van der Waals surface area contributed by atoms with E-state index in [4.69, 9.17) is 14.2 Å². The second kappa shape index (κ2) is 5.39. The van der Waals surface area contributed by atoms with Crippen LogP contribution in [0.1, 0.15) is 24.5 Å². The fraction of sp³-hybridized carbons (Fsp3) is 0.550. The van der Waals surface area contributed by atoms with Gasteiger partial charge in [-0.05, 0) is 31.4 Å². The normalized spacial score (nSPS) is 35.6. The standard InChI is InChI=1S/C20H23NO5/c1-3-25-19(23)21-9-8-20-12-5-6-14(22)18(20)26-17-15(24-2)7-4-11(16(17)20)10-13(12)21/h4-7,12-14,18,22H,3,8-10H2,1-2H3/t12-,13+,14-,18-,20-/m0/s1. The van der Waals surface area contributed by atoms with E-state index in [1.54, 1.807) is 7.11 Å². The number of carbonyl (C=O) groups is 1. The Morgan fingerprint density at radius 3 is 3.04 bits per heavy atom. The summed E-state index contributed by atoms with van der Waals surface area (Å²) in [6.45, 7) is 2.81. The first kappa shape index (κ1) is 16.0. The number of aliphatic hydroxyl groups excluding tert-OH is 1. The van der Waals surface area contributed by atoms with E-state index >= 15 is 0 Å². The lowest BCUT2D eigenvalue weighted by Crippen LogP contribution is -2.66. The van der Waals surface area contributed by atoms with Crippen LogP contribution >= 0.6 is 0 Å². The van der Waals surface area contributed by atoms with Crippen molar-refractivity contribution >= 4 is 6.09 Å². The van der Waals surface area contributed by atoms with E-state index in [-0.39, 0.29) is 29.6 Å². The summed E-state index contributed by atoms with van der Waals surface area (Å²) in [6, 6.07) is 4.02. The number of ether oxygens (including phenoxy) is 3. The molecule has 6 nitrogen and oxygen atoms in total. The molecule has 0 radical (unpaired) electrons. The molecule has 2 aliphatic carbocycles. The third-order valence-electron chi connectivity index (χ3n) is 6.58. The topological polar surface area (TPSA) is 68.2 Å². The molecule has 26 heavy (non-hydrogen) atoms. The van der Waals surface area contributed by atoms with Gasteiger partial charge in [0.15, 0.2) is 11.5 Å². The van der Waals surface area contributed by atoms with E-state index in [1.165, 1.54) is 11.1 Å². The van der Waals surface area contributed by atoms with Crippen LogP contribution in [0, 0.1) is 5.92 Å². The van der Waals surface area contributed by atoms with Gasteiger partial charge in [0.25, 0.3) is 0 Å². The molecule has 1 fully saturated rings. The van der Waals surface area contributed by atoms with Gasteiger partial charge >= 0.3 is 6.09 Å². The summed E-state index contributed by atoms with van der Waals surface area (Å²) >= 11 is 0. The van der Waals surface area contributed by atoms with Crippen LogP contribution in [0.3, 0.4) is 0 Å². The number of methoxy groups -OCH3 is 1. The zero-order valence-electron chi connectivity index (χ0n) is 15.0. The Morgan fingerprint density at radius 2 is 2.27 bits per heavy atom. The first-order valence-electron chi connectivity index (χ1n) is 9.28. The van der Waals surface area contributed by atoms with Crippen LogP contribution in [0.15, 0.2) is 24.3 Å². The molecular formula is C20H23NO5. The molecule has 1 saturated heterocycles. The number of rotatable bonds is 2. The molecule has 1 spiro atoms. The fourth-order valence-electron chi connectivity index (χ4n) is 5.64. The van der Waals surface area contributed by atoms with E-state index in [1.807, 2.05) is 24.0 Å². The number of aliphatic hydroxyl groups is 1. The SMILES string of the molecule is CCOC(=O)N1CC[C@]23c4c5ccc(OC)c4O[C@H]2[C@@H](O)C=C[C@H]3[C@H]1C5. The summed E-state index contributed by atoms with van der Waals surface area (Å²) in [6.07, 6.45) is 4.15. The number of nitrogens with zero attached hydrogens (tertiary/aromatic N) is 1. The number of likely N-dealkylation sites (tertiary alicyclic amines) is 1. The monoisotopic (exact) mass is 357 g/mol. The molecule has 0 aromatic heterocycles. The third kappa shape index (κ3) is 1.78. The lowest BCUT2D eigenvalue weighted by Gasteiger charge is -2.56. The Balaban J connectivity index is 1.69. The minimum atomic E-state index is -0.663. The summed E-state index contributed by atoms with van der Waals surface area (Å²) < 4.78 is 17.1. The van der Waals surface area contributed by atoms with Gasteiger partial charge in [-0.2, -0.15) is 0 Å². The Hall–Kier alpha value is -2.21. The van der Waals surface area contributed by atoms with E-state index in [9.17, 15) is 9.90 Å². The Labute approximate surface area is 152 Å². The van der Waals surface area contributed by atoms with Crippen molar-refractivity contribution in [2.45, 2.75) is 43.4 Å². The van der Waals surface area contributed by atoms with Gasteiger partial charge in [0.1, 0.15) is 12.2 Å². The summed E-state index contributed by atoms with van der Waals surface area (Å²) in [5.74, 6) is 1.59. The molecule has 1 aromatic rings. The van der Waals surface area contributed by atoms with Gasteiger partial charge in [-0.25, -0.2) is 4.79 Å². The number of hydrogen-bond acceptors (Lipinski definition) is 5. The molecule has 1 amide bonds. The van der Waals surface area contributed by atoms with Crippen LogP contribution < -0.4 is 9.47 Å². The molecule has 2 bridgehead atoms. The maximum atomic E-state index is 12.5. The molecule has 1 aromatic carbocycles. The van der Waals surface area contributed by atoms with Gasteiger partial charge < -0.3 is 24.2 Å². The molecule has 6 heteroatoms. The second-order valence-corrected chi connectivity index (χ2v) is 7.52. The van der Waals surface area contributed by atoms with Gasteiger partial charge in [-0.1, -0.05) is 18.2 Å². The molecule has 5 atom stereocenters. The predicted molar refractivity (Wildman–Crippen MR) is 93.6 cm³/mol. The van der Waals surface area contributed by atoms with Crippen LogP contribution in [0.5, 0.6) is 11.5 Å². The molecule has 4 aliphatic rings. The van der Waals surface area contributed by atoms with E-state index in [0.29, 0.717) is 18.9 Å². The van der Waals surface area contributed by atoms with Crippen LogP contribution in [0.4, 0.5) is 4.79 Å². The number of benzene rings is 1. The van der Waals surface area contributed by atoms with Crippen LogP contribution in [0.25, 0.3) is 0 Å². The molecule has 2 aliphatic heterocycles. The quantitative estimate of drug-likeness (QED) is 0.821. The highest BCUT2D eigenvalue weighted by molar-refractivity contribution is 5.70. The molecule has 0 saturated carbocycles. The average molecular weight is 357 g/mol. The third-order valence-corrected chi connectivity index (χ3v) is 6.58. The number of hydrogen-bond donors (Lipinski definition) is 1. The highest BCUT2D eigenvalue weighted by Gasteiger charge is 2.65. The van der Waals surface area contributed by atoms with Gasteiger partial charge in [0.05, 0.1) is 13.7 Å². The van der Waals surface area contributed by atoms with Crippen LogP contribution in [-0.2, 0) is 16.6 Å². The maximum absolute atomic E-state index is 12.5. The van der Waals surface area contributed by atoms with Crippen molar-refractivity contribution in [3.63, 3.8) is 0 Å². The minimum absolute atomic E-state index is 0.0181. The summed E-state index contributed by atoms with van der Waals surface area (Å²) in [4.78, 5) is 14.4. The molecule has 138 valence electrons. The Morgan fingerprint density at radius 1 is 1.42 bits per heavy atom. The molecule has 2 heterocycles. The highest BCUT2D eigenvalue weighted by atomic mass is 16.6.